The standard InChI is InChI=1S/C12H11BrN2/c1-8-6-7-11(13)15-12(8)10-5-3-4-9(2)14-10/h3-7H,1-2H3. The topological polar surface area (TPSA) is 25.8 Å². The SMILES string of the molecule is Cc1cccc(-c2nc(Br)ccc2C)n1. The number of nitrogens with zero attached hydrogens (tertiary/aromatic N) is 2. The van der Waals surface area contributed by atoms with Crippen molar-refractivity contribution in [3.63, 3.8) is 0 Å². The van der Waals surface area contributed by atoms with E-state index in [-0.39, 0.29) is 0 Å². The summed E-state index contributed by atoms with van der Waals surface area (Å²) in [5.41, 5.74) is 4.01. The summed E-state index contributed by atoms with van der Waals surface area (Å²) in [5.74, 6) is 0. The van der Waals surface area contributed by atoms with Gasteiger partial charge < -0.3 is 0 Å². The lowest BCUT2D eigenvalue weighted by atomic mass is 10.1. The number of pyridine rings is 2. The second kappa shape index (κ2) is 4.11. The average molecular weight is 263 g/mol. The van der Waals surface area contributed by atoms with Crippen LogP contribution < -0.4 is 0 Å². The van der Waals surface area contributed by atoms with Crippen LogP contribution in [0.1, 0.15) is 11.3 Å². The number of halogens is 1. The van der Waals surface area contributed by atoms with Crippen LogP contribution in [0.3, 0.4) is 0 Å². The maximum Gasteiger partial charge on any atom is 0.106 e. The molecule has 0 atom stereocenters. The minimum Gasteiger partial charge on any atom is -0.251 e. The van der Waals surface area contributed by atoms with Gasteiger partial charge in [0, 0.05) is 5.69 Å². The zero-order chi connectivity index (χ0) is 10.8. The fourth-order valence-electron chi connectivity index (χ4n) is 1.44. The molecule has 0 saturated carbocycles. The molecule has 0 fully saturated rings. The Bertz CT molecular complexity index is 495. The molecule has 0 aliphatic carbocycles. The molecule has 0 aromatic carbocycles. The molecule has 2 nitrogen and oxygen atoms in total. The summed E-state index contributed by atoms with van der Waals surface area (Å²) in [6.07, 6.45) is 0. The van der Waals surface area contributed by atoms with Gasteiger partial charge in [-0.05, 0) is 53.5 Å². The van der Waals surface area contributed by atoms with E-state index >= 15 is 0 Å². The molecule has 0 bridgehead atoms. The lowest BCUT2D eigenvalue weighted by Gasteiger charge is -2.05. The van der Waals surface area contributed by atoms with Gasteiger partial charge in [-0.3, -0.25) is 4.98 Å². The van der Waals surface area contributed by atoms with E-state index in [2.05, 4.69) is 25.9 Å². The Hall–Kier alpha value is -1.22. The fraction of sp³-hybridized carbons (Fsp3) is 0.167. The maximum atomic E-state index is 4.46. The average Bonchev–Trinajstić information content (AvgIpc) is 2.22. The van der Waals surface area contributed by atoms with Gasteiger partial charge in [-0.2, -0.15) is 0 Å². The molecule has 2 aromatic heterocycles. The van der Waals surface area contributed by atoms with Crippen LogP contribution in [0.15, 0.2) is 34.9 Å². The van der Waals surface area contributed by atoms with Crippen LogP contribution in [0.4, 0.5) is 0 Å². The molecule has 0 N–H and O–H groups in total. The second-order valence-electron chi connectivity index (χ2n) is 3.46. The minimum absolute atomic E-state index is 0.839. The summed E-state index contributed by atoms with van der Waals surface area (Å²) in [6, 6.07) is 9.94. The smallest absolute Gasteiger partial charge is 0.106 e. The molecular formula is C12H11BrN2. The van der Waals surface area contributed by atoms with E-state index < -0.39 is 0 Å². The molecule has 0 saturated heterocycles. The second-order valence-corrected chi connectivity index (χ2v) is 4.28. The van der Waals surface area contributed by atoms with Gasteiger partial charge in [-0.25, -0.2) is 4.98 Å². The van der Waals surface area contributed by atoms with E-state index in [0.717, 1.165) is 27.2 Å². The molecule has 3 heteroatoms. The van der Waals surface area contributed by atoms with Gasteiger partial charge >= 0.3 is 0 Å². The largest absolute Gasteiger partial charge is 0.251 e. The van der Waals surface area contributed by atoms with Crippen LogP contribution in [0.25, 0.3) is 11.4 Å². The van der Waals surface area contributed by atoms with Gasteiger partial charge in [0.1, 0.15) is 4.60 Å². The first-order valence-corrected chi connectivity index (χ1v) is 5.53. The zero-order valence-corrected chi connectivity index (χ0v) is 10.2. The highest BCUT2D eigenvalue weighted by Gasteiger charge is 2.05. The van der Waals surface area contributed by atoms with E-state index in [1.165, 1.54) is 0 Å². The summed E-state index contributed by atoms with van der Waals surface area (Å²) in [6.45, 7) is 4.02. The van der Waals surface area contributed by atoms with Gasteiger partial charge in [-0.15, -0.1) is 0 Å². The van der Waals surface area contributed by atoms with Crippen LogP contribution in [0, 0.1) is 13.8 Å². The molecule has 2 heterocycles. The summed E-state index contributed by atoms with van der Waals surface area (Å²) in [7, 11) is 0. The lowest BCUT2D eigenvalue weighted by Crippen LogP contribution is -1.92. The van der Waals surface area contributed by atoms with E-state index in [9.17, 15) is 0 Å². The molecular weight excluding hydrogens is 252 g/mol. The quantitative estimate of drug-likeness (QED) is 0.735. The van der Waals surface area contributed by atoms with Gasteiger partial charge in [0.15, 0.2) is 0 Å². The maximum absolute atomic E-state index is 4.46. The van der Waals surface area contributed by atoms with Crippen molar-refractivity contribution < 1.29 is 0 Å². The summed E-state index contributed by atoms with van der Waals surface area (Å²) < 4.78 is 0.839. The molecule has 0 aliphatic rings. The summed E-state index contributed by atoms with van der Waals surface area (Å²) in [5, 5.41) is 0. The third kappa shape index (κ3) is 2.23. The summed E-state index contributed by atoms with van der Waals surface area (Å²) >= 11 is 3.37. The van der Waals surface area contributed by atoms with Crippen LogP contribution >= 0.6 is 15.9 Å². The Morgan fingerprint density at radius 3 is 2.53 bits per heavy atom. The van der Waals surface area contributed by atoms with Crippen LogP contribution in [0.2, 0.25) is 0 Å². The van der Waals surface area contributed by atoms with E-state index in [1.807, 2.05) is 44.2 Å². The number of aromatic nitrogens is 2. The van der Waals surface area contributed by atoms with Crippen LogP contribution in [-0.2, 0) is 0 Å². The first kappa shape index (κ1) is 10.3. The van der Waals surface area contributed by atoms with Gasteiger partial charge in [0.05, 0.1) is 11.4 Å². The molecule has 0 radical (unpaired) electrons. The summed E-state index contributed by atoms with van der Waals surface area (Å²) in [4.78, 5) is 8.90. The highest BCUT2D eigenvalue weighted by Crippen LogP contribution is 2.21. The molecule has 15 heavy (non-hydrogen) atoms. The van der Waals surface area contributed by atoms with Crippen molar-refractivity contribution in [2.45, 2.75) is 13.8 Å². The number of hydrogen-bond acceptors (Lipinski definition) is 2. The third-order valence-electron chi connectivity index (χ3n) is 2.19. The Morgan fingerprint density at radius 1 is 1.00 bits per heavy atom. The Kier molecular flexibility index (Phi) is 2.82. The van der Waals surface area contributed by atoms with E-state index in [1.54, 1.807) is 0 Å². The molecule has 0 aliphatic heterocycles. The van der Waals surface area contributed by atoms with Crippen LogP contribution in [0.5, 0.6) is 0 Å². The Morgan fingerprint density at radius 2 is 1.80 bits per heavy atom. The van der Waals surface area contributed by atoms with Crippen molar-refractivity contribution in [1.29, 1.82) is 0 Å². The first-order valence-electron chi connectivity index (χ1n) is 4.74. The first-order chi connectivity index (χ1) is 7.16. The third-order valence-corrected chi connectivity index (χ3v) is 2.64. The van der Waals surface area contributed by atoms with Crippen molar-refractivity contribution in [2.24, 2.45) is 0 Å². The number of aryl methyl sites for hydroxylation is 2. The number of hydrogen-bond donors (Lipinski definition) is 0. The van der Waals surface area contributed by atoms with Crippen LogP contribution in [-0.4, -0.2) is 9.97 Å². The van der Waals surface area contributed by atoms with Crippen molar-refractivity contribution in [3.05, 3.63) is 46.2 Å². The van der Waals surface area contributed by atoms with Crippen molar-refractivity contribution >= 4 is 15.9 Å². The number of rotatable bonds is 1. The van der Waals surface area contributed by atoms with Gasteiger partial charge in [0.25, 0.3) is 0 Å². The predicted octanol–water partition coefficient (Wildman–Crippen LogP) is 3.52. The molecule has 0 unspecified atom stereocenters. The minimum atomic E-state index is 0.839. The monoisotopic (exact) mass is 262 g/mol. The zero-order valence-electron chi connectivity index (χ0n) is 8.66. The highest BCUT2D eigenvalue weighted by atomic mass is 79.9. The fourth-order valence-corrected chi connectivity index (χ4v) is 1.75. The Balaban J connectivity index is 2.58. The van der Waals surface area contributed by atoms with Crippen molar-refractivity contribution in [3.8, 4) is 11.4 Å². The molecule has 2 aromatic rings. The highest BCUT2D eigenvalue weighted by molar-refractivity contribution is 9.10. The van der Waals surface area contributed by atoms with E-state index in [0.29, 0.717) is 0 Å². The Labute approximate surface area is 97.5 Å². The lowest BCUT2D eigenvalue weighted by molar-refractivity contribution is 1.15. The molecule has 0 amide bonds. The predicted molar refractivity (Wildman–Crippen MR) is 64.6 cm³/mol. The van der Waals surface area contributed by atoms with Gasteiger partial charge in [-0.1, -0.05) is 12.1 Å². The molecule has 76 valence electrons. The molecule has 0 spiro atoms. The van der Waals surface area contributed by atoms with E-state index in [4.69, 9.17) is 0 Å². The normalized spacial score (nSPS) is 10.3. The van der Waals surface area contributed by atoms with Crippen molar-refractivity contribution in [1.82, 2.24) is 9.97 Å². The molecule has 2 rings (SSSR count). The van der Waals surface area contributed by atoms with Crippen molar-refractivity contribution in [2.75, 3.05) is 0 Å². The van der Waals surface area contributed by atoms with Gasteiger partial charge in [0.2, 0.25) is 0 Å².